The summed E-state index contributed by atoms with van der Waals surface area (Å²) in [6.45, 7) is 1.55. The number of amides is 2. The monoisotopic (exact) mass is 517 g/mol. The number of anilines is 1. The van der Waals surface area contributed by atoms with E-state index in [-0.39, 0.29) is 23.1 Å². The van der Waals surface area contributed by atoms with Crippen molar-refractivity contribution in [3.05, 3.63) is 69.7 Å². The molecule has 0 aliphatic carbocycles. The quantitative estimate of drug-likeness (QED) is 0.514. The van der Waals surface area contributed by atoms with Gasteiger partial charge in [0, 0.05) is 36.1 Å². The summed E-state index contributed by atoms with van der Waals surface area (Å²) in [4.78, 5) is 31.5. The fourth-order valence-corrected chi connectivity index (χ4v) is 5.28. The fraction of sp³-hybridized carbons (Fsp3) is 0.320. The first kappa shape index (κ1) is 24.1. The summed E-state index contributed by atoms with van der Waals surface area (Å²) in [5, 5.41) is 5.26. The molecule has 1 aromatic heterocycles. The molecule has 0 radical (unpaired) electrons. The third-order valence-electron chi connectivity index (χ3n) is 6.15. The summed E-state index contributed by atoms with van der Waals surface area (Å²) >= 11 is 1.36. The van der Waals surface area contributed by atoms with E-state index < -0.39 is 17.6 Å². The molecule has 7 nitrogen and oxygen atoms in total. The SMILES string of the molecule is O=C(Nc1ccc2c(c1)OCCO2)c1csc(C2CCN(C(=O)c3ccccc3C(F)(F)F)CC2)n1. The number of aromatic nitrogens is 1. The minimum absolute atomic E-state index is 0.0211. The van der Waals surface area contributed by atoms with E-state index in [0.29, 0.717) is 56.3 Å². The van der Waals surface area contributed by atoms with Crippen LogP contribution in [0.25, 0.3) is 0 Å². The number of hydrogen-bond acceptors (Lipinski definition) is 6. The molecule has 0 atom stereocenters. The molecule has 2 amide bonds. The molecule has 3 heterocycles. The summed E-state index contributed by atoms with van der Waals surface area (Å²) in [6.07, 6.45) is -3.49. The predicted molar refractivity (Wildman–Crippen MR) is 127 cm³/mol. The highest BCUT2D eigenvalue weighted by molar-refractivity contribution is 7.10. The molecule has 2 aliphatic rings. The highest BCUT2D eigenvalue weighted by Crippen LogP contribution is 2.35. The number of ether oxygens (including phenoxy) is 2. The van der Waals surface area contributed by atoms with E-state index in [4.69, 9.17) is 9.47 Å². The van der Waals surface area contributed by atoms with E-state index in [1.165, 1.54) is 34.4 Å². The van der Waals surface area contributed by atoms with Gasteiger partial charge in [-0.1, -0.05) is 12.1 Å². The van der Waals surface area contributed by atoms with Crippen molar-refractivity contribution in [1.82, 2.24) is 9.88 Å². The van der Waals surface area contributed by atoms with Gasteiger partial charge in [-0.25, -0.2) is 4.98 Å². The van der Waals surface area contributed by atoms with Crippen molar-refractivity contribution < 1.29 is 32.2 Å². The molecule has 1 saturated heterocycles. The molecule has 11 heteroatoms. The predicted octanol–water partition coefficient (Wildman–Crippen LogP) is 5.21. The van der Waals surface area contributed by atoms with Gasteiger partial charge < -0.3 is 19.7 Å². The van der Waals surface area contributed by atoms with Gasteiger partial charge in [0.05, 0.1) is 16.1 Å². The molecule has 2 aromatic carbocycles. The summed E-state index contributed by atoms with van der Waals surface area (Å²) in [5.74, 6) is 0.234. The Labute approximate surface area is 208 Å². The number of nitrogens with one attached hydrogen (secondary N) is 1. The third kappa shape index (κ3) is 5.01. The van der Waals surface area contributed by atoms with Gasteiger partial charge in [-0.2, -0.15) is 13.2 Å². The van der Waals surface area contributed by atoms with Crippen LogP contribution >= 0.6 is 11.3 Å². The van der Waals surface area contributed by atoms with Crippen LogP contribution in [0.3, 0.4) is 0 Å². The van der Waals surface area contributed by atoms with E-state index in [1.54, 1.807) is 23.6 Å². The minimum atomic E-state index is -4.59. The van der Waals surface area contributed by atoms with Crippen molar-refractivity contribution >= 4 is 28.8 Å². The zero-order valence-electron chi connectivity index (χ0n) is 19.0. The molecule has 0 spiro atoms. The summed E-state index contributed by atoms with van der Waals surface area (Å²) in [5.41, 5.74) is -0.422. The summed E-state index contributed by atoms with van der Waals surface area (Å²) < 4.78 is 51.0. The lowest BCUT2D eigenvalue weighted by atomic mass is 9.96. The van der Waals surface area contributed by atoms with E-state index in [2.05, 4.69) is 10.3 Å². The number of benzene rings is 2. The number of thiazole rings is 1. The fourth-order valence-electron chi connectivity index (χ4n) is 4.31. The van der Waals surface area contributed by atoms with Crippen LogP contribution in [0.1, 0.15) is 50.2 Å². The molecule has 0 unspecified atom stereocenters. The largest absolute Gasteiger partial charge is 0.486 e. The standard InChI is InChI=1S/C25H22F3N3O4S/c26-25(27,28)18-4-2-1-3-17(18)24(33)31-9-7-15(8-10-31)23-30-19(14-36-23)22(32)29-16-5-6-20-21(13-16)35-12-11-34-20/h1-6,13-15H,7-12H2,(H,29,32). The first-order valence-electron chi connectivity index (χ1n) is 11.4. The van der Waals surface area contributed by atoms with Crippen molar-refractivity contribution in [3.8, 4) is 11.5 Å². The Morgan fingerprint density at radius 2 is 1.75 bits per heavy atom. The van der Waals surface area contributed by atoms with Crippen LogP contribution in [0.4, 0.5) is 18.9 Å². The second-order valence-corrected chi connectivity index (χ2v) is 9.38. The number of rotatable bonds is 4. The van der Waals surface area contributed by atoms with Crippen molar-refractivity contribution in [3.63, 3.8) is 0 Å². The average Bonchev–Trinajstić information content (AvgIpc) is 3.38. The van der Waals surface area contributed by atoms with Gasteiger partial charge in [-0.3, -0.25) is 9.59 Å². The molecule has 36 heavy (non-hydrogen) atoms. The zero-order chi connectivity index (χ0) is 25.3. The smallest absolute Gasteiger partial charge is 0.417 e. The Morgan fingerprint density at radius 3 is 2.50 bits per heavy atom. The Morgan fingerprint density at radius 1 is 1.03 bits per heavy atom. The molecule has 0 bridgehead atoms. The number of carbonyl (C=O) groups excluding carboxylic acids is 2. The molecule has 188 valence electrons. The molecule has 0 saturated carbocycles. The van der Waals surface area contributed by atoms with Crippen LogP contribution in [-0.4, -0.2) is 48.0 Å². The molecular weight excluding hydrogens is 495 g/mol. The molecule has 5 rings (SSSR count). The normalized spacial score (nSPS) is 16.0. The number of hydrogen-bond donors (Lipinski definition) is 1. The Kier molecular flexibility index (Phi) is 6.57. The van der Waals surface area contributed by atoms with E-state index >= 15 is 0 Å². The molecule has 1 fully saturated rings. The summed E-state index contributed by atoms with van der Waals surface area (Å²) in [6, 6.07) is 10.0. The highest BCUT2D eigenvalue weighted by atomic mass is 32.1. The van der Waals surface area contributed by atoms with Gasteiger partial charge in [-0.05, 0) is 37.1 Å². The van der Waals surface area contributed by atoms with Crippen molar-refractivity contribution in [2.45, 2.75) is 24.9 Å². The lowest BCUT2D eigenvalue weighted by molar-refractivity contribution is -0.138. The number of carbonyl (C=O) groups is 2. The van der Waals surface area contributed by atoms with Gasteiger partial charge in [0.15, 0.2) is 11.5 Å². The average molecular weight is 518 g/mol. The third-order valence-corrected chi connectivity index (χ3v) is 7.16. The van der Waals surface area contributed by atoms with Crippen LogP contribution in [0.5, 0.6) is 11.5 Å². The zero-order valence-corrected chi connectivity index (χ0v) is 19.8. The number of likely N-dealkylation sites (tertiary alicyclic amines) is 1. The van der Waals surface area contributed by atoms with Crippen molar-refractivity contribution in [2.24, 2.45) is 0 Å². The van der Waals surface area contributed by atoms with Gasteiger partial charge >= 0.3 is 6.18 Å². The minimum Gasteiger partial charge on any atom is -0.486 e. The van der Waals surface area contributed by atoms with Gasteiger partial charge in [-0.15, -0.1) is 11.3 Å². The number of halogens is 3. The number of fused-ring (bicyclic) bond motifs is 1. The lowest BCUT2D eigenvalue weighted by Crippen LogP contribution is -2.38. The van der Waals surface area contributed by atoms with E-state index in [0.717, 1.165) is 11.1 Å². The van der Waals surface area contributed by atoms with Gasteiger partial charge in [0.1, 0.15) is 18.9 Å². The number of alkyl halides is 3. The van der Waals surface area contributed by atoms with Crippen LogP contribution in [0, 0.1) is 0 Å². The first-order valence-corrected chi connectivity index (χ1v) is 12.3. The second kappa shape index (κ2) is 9.81. The molecule has 1 N–H and O–H groups in total. The second-order valence-electron chi connectivity index (χ2n) is 8.49. The van der Waals surface area contributed by atoms with E-state index in [1.807, 2.05) is 0 Å². The lowest BCUT2D eigenvalue weighted by Gasteiger charge is -2.31. The summed E-state index contributed by atoms with van der Waals surface area (Å²) in [7, 11) is 0. The number of nitrogens with zero attached hydrogens (tertiary/aromatic N) is 2. The Balaban J connectivity index is 1.20. The van der Waals surface area contributed by atoms with Crippen LogP contribution in [0.15, 0.2) is 47.8 Å². The molecular formula is C25H22F3N3O4S. The Bertz CT molecular complexity index is 1290. The van der Waals surface area contributed by atoms with Crippen LogP contribution < -0.4 is 14.8 Å². The van der Waals surface area contributed by atoms with Crippen LogP contribution in [0.2, 0.25) is 0 Å². The number of piperidine rings is 1. The van der Waals surface area contributed by atoms with Crippen LogP contribution in [-0.2, 0) is 6.18 Å². The highest BCUT2D eigenvalue weighted by Gasteiger charge is 2.36. The van der Waals surface area contributed by atoms with Gasteiger partial charge in [0.2, 0.25) is 0 Å². The maximum atomic E-state index is 13.3. The molecule has 3 aromatic rings. The van der Waals surface area contributed by atoms with E-state index in [9.17, 15) is 22.8 Å². The van der Waals surface area contributed by atoms with Crippen molar-refractivity contribution in [1.29, 1.82) is 0 Å². The van der Waals surface area contributed by atoms with Gasteiger partial charge in [0.25, 0.3) is 11.8 Å². The topological polar surface area (TPSA) is 80.8 Å². The molecule has 2 aliphatic heterocycles. The Hall–Kier alpha value is -3.60. The maximum Gasteiger partial charge on any atom is 0.417 e. The van der Waals surface area contributed by atoms with Crippen molar-refractivity contribution in [2.75, 3.05) is 31.6 Å². The first-order chi connectivity index (χ1) is 17.3. The maximum absolute atomic E-state index is 13.3.